The van der Waals surface area contributed by atoms with Crippen LogP contribution in [0.15, 0.2) is 60.8 Å². The van der Waals surface area contributed by atoms with Crippen LogP contribution < -0.4 is 15.4 Å². The van der Waals surface area contributed by atoms with Gasteiger partial charge in [-0.1, -0.05) is 23.7 Å². The first-order chi connectivity index (χ1) is 15.1. The van der Waals surface area contributed by atoms with Crippen molar-refractivity contribution in [1.82, 2.24) is 14.5 Å². The summed E-state index contributed by atoms with van der Waals surface area (Å²) in [5, 5.41) is 7.34. The van der Waals surface area contributed by atoms with Crippen molar-refractivity contribution in [2.24, 2.45) is 7.05 Å². The normalized spacial score (nSPS) is 10.9. The van der Waals surface area contributed by atoms with Gasteiger partial charge in [0.05, 0.1) is 22.7 Å². The zero-order chi connectivity index (χ0) is 21.6. The maximum atomic E-state index is 5.85. The number of fused-ring (bicyclic) bond motifs is 1. The Balaban J connectivity index is 1.39. The third-order valence-electron chi connectivity index (χ3n) is 4.81. The lowest BCUT2D eigenvalue weighted by Gasteiger charge is -2.09. The highest BCUT2D eigenvalue weighted by atomic mass is 35.5. The molecule has 0 spiro atoms. The molecule has 0 amide bonds. The minimum Gasteiger partial charge on any atom is -0.439 e. The van der Waals surface area contributed by atoms with Crippen molar-refractivity contribution in [3.8, 4) is 11.6 Å². The monoisotopic (exact) mass is 437 g/mol. The largest absolute Gasteiger partial charge is 0.439 e. The van der Waals surface area contributed by atoms with Gasteiger partial charge in [0.2, 0.25) is 11.8 Å². The summed E-state index contributed by atoms with van der Waals surface area (Å²) in [5.41, 5.74) is 4.17. The van der Waals surface area contributed by atoms with E-state index in [-0.39, 0.29) is 0 Å². The number of benzene rings is 2. The van der Waals surface area contributed by atoms with E-state index in [2.05, 4.69) is 26.3 Å². The first-order valence-electron chi connectivity index (χ1n) is 9.94. The highest BCUT2D eigenvalue weighted by molar-refractivity contribution is 6.30. The van der Waals surface area contributed by atoms with Gasteiger partial charge < -0.3 is 24.7 Å². The van der Waals surface area contributed by atoms with Crippen molar-refractivity contribution in [2.45, 2.75) is 6.54 Å². The van der Waals surface area contributed by atoms with Crippen LogP contribution in [0.5, 0.6) is 11.6 Å². The number of aryl methyl sites for hydroxylation is 1. The molecule has 0 bridgehead atoms. The van der Waals surface area contributed by atoms with Crippen LogP contribution in [0.2, 0.25) is 5.02 Å². The molecule has 0 radical (unpaired) electrons. The first kappa shape index (κ1) is 21.0. The first-order valence-corrected chi connectivity index (χ1v) is 10.3. The van der Waals surface area contributed by atoms with Crippen LogP contribution in [0, 0.1) is 0 Å². The van der Waals surface area contributed by atoms with Gasteiger partial charge in [-0.2, -0.15) is 0 Å². The van der Waals surface area contributed by atoms with E-state index in [1.807, 2.05) is 43.4 Å². The third kappa shape index (κ3) is 5.25. The maximum absolute atomic E-state index is 5.85. The zero-order valence-electron chi connectivity index (χ0n) is 17.4. The quantitative estimate of drug-likeness (QED) is 0.355. The van der Waals surface area contributed by atoms with E-state index < -0.39 is 0 Å². The number of hydrogen-bond donors (Lipinski definition) is 2. The summed E-state index contributed by atoms with van der Waals surface area (Å²) in [4.78, 5) is 8.84. The molecule has 8 heteroatoms. The zero-order valence-corrected chi connectivity index (χ0v) is 18.2. The van der Waals surface area contributed by atoms with Gasteiger partial charge in [-0.25, -0.2) is 9.97 Å². The Morgan fingerprint density at radius 2 is 1.87 bits per heavy atom. The second-order valence-corrected chi connectivity index (χ2v) is 7.47. The number of rotatable bonds is 9. The lowest BCUT2D eigenvalue weighted by atomic mass is 10.2. The van der Waals surface area contributed by atoms with Crippen LogP contribution in [-0.2, 0) is 18.3 Å². The number of methoxy groups -OCH3 is 1. The fourth-order valence-electron chi connectivity index (χ4n) is 3.16. The highest BCUT2D eigenvalue weighted by Gasteiger charge is 2.08. The predicted molar refractivity (Wildman–Crippen MR) is 124 cm³/mol. The second kappa shape index (κ2) is 9.68. The van der Waals surface area contributed by atoms with Gasteiger partial charge in [0, 0.05) is 45.2 Å². The van der Waals surface area contributed by atoms with Crippen LogP contribution in [0.25, 0.3) is 11.0 Å². The number of halogens is 1. The summed E-state index contributed by atoms with van der Waals surface area (Å²) in [7, 11) is 3.70. The van der Waals surface area contributed by atoms with E-state index in [4.69, 9.17) is 26.1 Å². The van der Waals surface area contributed by atoms with Gasteiger partial charge in [0.15, 0.2) is 0 Å². The fourth-order valence-corrected chi connectivity index (χ4v) is 3.27. The summed E-state index contributed by atoms with van der Waals surface area (Å²) in [6.07, 6.45) is 1.56. The summed E-state index contributed by atoms with van der Waals surface area (Å²) < 4.78 is 12.9. The molecule has 0 saturated heterocycles. The number of anilines is 2. The minimum atomic E-state index is 0.506. The van der Waals surface area contributed by atoms with Crippen molar-refractivity contribution in [1.29, 1.82) is 0 Å². The molecule has 0 unspecified atom stereocenters. The molecule has 0 aliphatic carbocycles. The Bertz CT molecular complexity index is 1140. The van der Waals surface area contributed by atoms with Crippen LogP contribution >= 0.6 is 11.6 Å². The SMILES string of the molecule is COCCNc1ccc2nc(NCc3ccc(Oc4ccc(Cl)cn4)cc3)n(C)c2c1. The van der Waals surface area contributed by atoms with Crippen molar-refractivity contribution in [2.75, 3.05) is 30.9 Å². The summed E-state index contributed by atoms with van der Waals surface area (Å²) in [6.45, 7) is 2.07. The Kier molecular flexibility index (Phi) is 6.54. The highest BCUT2D eigenvalue weighted by Crippen LogP contribution is 2.24. The van der Waals surface area contributed by atoms with Gasteiger partial charge in [0.1, 0.15) is 5.75 Å². The smallest absolute Gasteiger partial charge is 0.219 e. The average Bonchev–Trinajstić information content (AvgIpc) is 3.10. The van der Waals surface area contributed by atoms with Crippen molar-refractivity contribution < 1.29 is 9.47 Å². The topological polar surface area (TPSA) is 73.2 Å². The Morgan fingerprint density at radius 1 is 1.03 bits per heavy atom. The number of ether oxygens (including phenoxy) is 2. The summed E-state index contributed by atoms with van der Waals surface area (Å²) >= 11 is 5.85. The van der Waals surface area contributed by atoms with Crippen LogP contribution in [-0.4, -0.2) is 34.8 Å². The standard InChI is InChI=1S/C23H24ClN5O2/c1-29-21-13-18(25-11-12-30-2)6-9-20(21)28-23(29)27-14-16-3-7-19(8-4-16)31-22-10-5-17(24)15-26-22/h3-10,13,15,25H,11-12,14H2,1-2H3,(H,27,28). The summed E-state index contributed by atoms with van der Waals surface area (Å²) in [5.74, 6) is 2.04. The second-order valence-electron chi connectivity index (χ2n) is 7.03. The number of nitrogens with zero attached hydrogens (tertiary/aromatic N) is 3. The van der Waals surface area contributed by atoms with Crippen LogP contribution in [0.4, 0.5) is 11.6 Å². The van der Waals surface area contributed by atoms with Gasteiger partial charge in [-0.05, 0) is 42.0 Å². The van der Waals surface area contributed by atoms with E-state index in [0.717, 1.165) is 40.5 Å². The van der Waals surface area contributed by atoms with E-state index >= 15 is 0 Å². The molecule has 31 heavy (non-hydrogen) atoms. The van der Waals surface area contributed by atoms with Crippen LogP contribution in [0.3, 0.4) is 0 Å². The number of nitrogens with one attached hydrogen (secondary N) is 2. The molecule has 0 fully saturated rings. The number of aromatic nitrogens is 3. The average molecular weight is 438 g/mol. The molecule has 0 atom stereocenters. The van der Waals surface area contributed by atoms with Gasteiger partial charge in [0.25, 0.3) is 0 Å². The molecule has 2 aromatic carbocycles. The van der Waals surface area contributed by atoms with Crippen molar-refractivity contribution >= 4 is 34.3 Å². The molecule has 4 aromatic rings. The van der Waals surface area contributed by atoms with Gasteiger partial charge >= 0.3 is 0 Å². The molecule has 2 heterocycles. The van der Waals surface area contributed by atoms with Crippen molar-refractivity contribution in [3.63, 3.8) is 0 Å². The molecule has 4 rings (SSSR count). The van der Waals surface area contributed by atoms with E-state index in [9.17, 15) is 0 Å². The molecule has 0 aliphatic rings. The molecule has 160 valence electrons. The molecular weight excluding hydrogens is 414 g/mol. The molecular formula is C23H24ClN5O2. The Morgan fingerprint density at radius 3 is 2.61 bits per heavy atom. The van der Waals surface area contributed by atoms with E-state index in [1.54, 1.807) is 25.4 Å². The van der Waals surface area contributed by atoms with Gasteiger partial charge in [-0.15, -0.1) is 0 Å². The predicted octanol–water partition coefficient (Wildman–Crippen LogP) is 5.08. The maximum Gasteiger partial charge on any atom is 0.219 e. The molecule has 2 N–H and O–H groups in total. The van der Waals surface area contributed by atoms with E-state index in [0.29, 0.717) is 24.1 Å². The van der Waals surface area contributed by atoms with Crippen LogP contribution in [0.1, 0.15) is 5.56 Å². The van der Waals surface area contributed by atoms with Crippen molar-refractivity contribution in [3.05, 3.63) is 71.4 Å². The summed E-state index contributed by atoms with van der Waals surface area (Å²) in [6, 6.07) is 17.5. The molecule has 0 saturated carbocycles. The fraction of sp³-hybridized carbons (Fsp3) is 0.217. The molecule has 2 aromatic heterocycles. The third-order valence-corrected chi connectivity index (χ3v) is 5.04. The van der Waals surface area contributed by atoms with E-state index in [1.165, 1.54) is 0 Å². The Hall–Kier alpha value is -3.29. The molecule has 0 aliphatic heterocycles. The number of pyridine rings is 1. The lowest BCUT2D eigenvalue weighted by molar-refractivity contribution is 0.211. The number of hydrogen-bond acceptors (Lipinski definition) is 6. The lowest BCUT2D eigenvalue weighted by Crippen LogP contribution is -2.07. The number of imidazole rings is 1. The Labute approximate surface area is 186 Å². The molecule has 7 nitrogen and oxygen atoms in total. The minimum absolute atomic E-state index is 0.506. The van der Waals surface area contributed by atoms with Gasteiger partial charge in [-0.3, -0.25) is 0 Å².